The van der Waals surface area contributed by atoms with E-state index >= 15 is 0 Å². The molecule has 0 aliphatic rings. The second-order valence-corrected chi connectivity index (χ2v) is 6.22. The van der Waals surface area contributed by atoms with E-state index in [9.17, 15) is 9.59 Å². The van der Waals surface area contributed by atoms with Gasteiger partial charge >= 0.3 is 11.9 Å². The molecule has 3 rings (SSSR count). The van der Waals surface area contributed by atoms with E-state index in [0.717, 1.165) is 5.56 Å². The van der Waals surface area contributed by atoms with Crippen LogP contribution in [0.5, 0.6) is 11.5 Å². The topological polar surface area (TPSA) is 97.6 Å². The lowest BCUT2D eigenvalue weighted by Gasteiger charge is -2.11. The van der Waals surface area contributed by atoms with Crippen LogP contribution in [0.2, 0.25) is 0 Å². The summed E-state index contributed by atoms with van der Waals surface area (Å²) in [6.45, 7) is 2.50. The molecule has 0 spiro atoms. The lowest BCUT2D eigenvalue weighted by atomic mass is 10.2. The van der Waals surface area contributed by atoms with Crippen LogP contribution in [0.25, 0.3) is 0 Å². The molecule has 0 radical (unpaired) electrons. The summed E-state index contributed by atoms with van der Waals surface area (Å²) in [4.78, 5) is 23.3. The fourth-order valence-electron chi connectivity index (χ4n) is 2.64. The zero-order valence-electron chi connectivity index (χ0n) is 16.3. The van der Waals surface area contributed by atoms with Crippen molar-refractivity contribution >= 4 is 17.6 Å². The zero-order valence-corrected chi connectivity index (χ0v) is 16.3. The van der Waals surface area contributed by atoms with Gasteiger partial charge in [-0.05, 0) is 55.0 Å². The Bertz CT molecular complexity index is 1060. The van der Waals surface area contributed by atoms with E-state index in [1.165, 1.54) is 12.1 Å². The number of rotatable bonds is 8. The number of hydrogen-bond donors (Lipinski definition) is 1. The second-order valence-electron chi connectivity index (χ2n) is 6.22. The summed E-state index contributed by atoms with van der Waals surface area (Å²) in [6.07, 6.45) is 0. The molecule has 152 valence electrons. The van der Waals surface area contributed by atoms with Crippen LogP contribution in [-0.4, -0.2) is 23.7 Å². The van der Waals surface area contributed by atoms with Gasteiger partial charge in [0, 0.05) is 0 Å². The molecule has 0 atom stereocenters. The SMILES string of the molecule is CCOc1cc(CN=Nc2cccc(C(=O)O)c2)ccc1OC(=O)c1ccccc1. The van der Waals surface area contributed by atoms with Crippen LogP contribution >= 0.6 is 0 Å². The molecule has 3 aromatic rings. The number of benzene rings is 3. The Balaban J connectivity index is 1.72. The van der Waals surface area contributed by atoms with E-state index < -0.39 is 11.9 Å². The van der Waals surface area contributed by atoms with E-state index in [4.69, 9.17) is 14.6 Å². The molecule has 30 heavy (non-hydrogen) atoms. The molecule has 0 fully saturated rings. The van der Waals surface area contributed by atoms with Crippen LogP contribution in [0, 0.1) is 0 Å². The molecule has 0 saturated heterocycles. The van der Waals surface area contributed by atoms with Crippen molar-refractivity contribution in [2.45, 2.75) is 13.5 Å². The molecule has 1 N–H and O–H groups in total. The summed E-state index contributed by atoms with van der Waals surface area (Å²) in [6, 6.07) is 20.1. The lowest BCUT2D eigenvalue weighted by molar-refractivity contribution is 0.0694. The molecule has 0 amide bonds. The van der Waals surface area contributed by atoms with Crippen LogP contribution < -0.4 is 9.47 Å². The highest BCUT2D eigenvalue weighted by atomic mass is 16.6. The van der Waals surface area contributed by atoms with E-state index in [1.54, 1.807) is 54.6 Å². The average molecular weight is 404 g/mol. The van der Waals surface area contributed by atoms with Gasteiger partial charge in [-0.25, -0.2) is 9.59 Å². The summed E-state index contributed by atoms with van der Waals surface area (Å²) in [5, 5.41) is 17.2. The first-order chi connectivity index (χ1) is 14.6. The minimum atomic E-state index is -1.02. The number of ether oxygens (including phenoxy) is 2. The maximum Gasteiger partial charge on any atom is 0.343 e. The quantitative estimate of drug-likeness (QED) is 0.313. The van der Waals surface area contributed by atoms with E-state index in [2.05, 4.69) is 10.2 Å². The number of esters is 1. The monoisotopic (exact) mass is 404 g/mol. The van der Waals surface area contributed by atoms with Gasteiger partial charge in [0.1, 0.15) is 0 Å². The molecule has 0 aromatic heterocycles. The lowest BCUT2D eigenvalue weighted by Crippen LogP contribution is -2.09. The molecular weight excluding hydrogens is 384 g/mol. The van der Waals surface area contributed by atoms with Crippen LogP contribution in [0.4, 0.5) is 5.69 Å². The summed E-state index contributed by atoms with van der Waals surface area (Å²) in [5.41, 5.74) is 1.85. The second kappa shape index (κ2) is 9.97. The molecule has 0 heterocycles. The Morgan fingerprint density at radius 1 is 0.900 bits per heavy atom. The molecule has 0 unspecified atom stereocenters. The highest BCUT2D eigenvalue weighted by molar-refractivity contribution is 5.91. The first kappa shape index (κ1) is 20.7. The normalized spacial score (nSPS) is 10.7. The van der Waals surface area contributed by atoms with E-state index in [-0.39, 0.29) is 12.1 Å². The summed E-state index contributed by atoms with van der Waals surface area (Å²) in [7, 11) is 0. The third-order valence-electron chi connectivity index (χ3n) is 4.05. The number of carboxylic acid groups (broad SMARTS) is 1. The average Bonchev–Trinajstić information content (AvgIpc) is 2.76. The number of hydrogen-bond acceptors (Lipinski definition) is 6. The van der Waals surface area contributed by atoms with Gasteiger partial charge in [-0.2, -0.15) is 10.2 Å². The Morgan fingerprint density at radius 2 is 1.67 bits per heavy atom. The smallest absolute Gasteiger partial charge is 0.343 e. The molecule has 7 heteroatoms. The number of carboxylic acids is 1. The maximum atomic E-state index is 12.3. The Labute approximate surface area is 173 Å². The third-order valence-corrected chi connectivity index (χ3v) is 4.05. The van der Waals surface area contributed by atoms with Gasteiger partial charge in [0.05, 0.1) is 30.0 Å². The molecule has 0 saturated carbocycles. The fourth-order valence-corrected chi connectivity index (χ4v) is 2.64. The molecular formula is C23H20N2O5. The number of aromatic carboxylic acids is 1. The summed E-state index contributed by atoms with van der Waals surface area (Å²) < 4.78 is 11.1. The van der Waals surface area contributed by atoms with Gasteiger partial charge in [0.25, 0.3) is 0 Å². The van der Waals surface area contributed by atoms with Gasteiger partial charge in [-0.1, -0.05) is 30.3 Å². The van der Waals surface area contributed by atoms with Crippen molar-refractivity contribution in [3.05, 3.63) is 89.5 Å². The molecule has 0 aliphatic heterocycles. The summed E-state index contributed by atoms with van der Waals surface area (Å²) >= 11 is 0. The molecule has 7 nitrogen and oxygen atoms in total. The first-order valence-electron chi connectivity index (χ1n) is 9.30. The maximum absolute atomic E-state index is 12.3. The van der Waals surface area contributed by atoms with Gasteiger partial charge < -0.3 is 14.6 Å². The van der Waals surface area contributed by atoms with Crippen molar-refractivity contribution in [3.8, 4) is 11.5 Å². The van der Waals surface area contributed by atoms with Crippen molar-refractivity contribution in [1.29, 1.82) is 0 Å². The third kappa shape index (κ3) is 5.51. The van der Waals surface area contributed by atoms with Crippen molar-refractivity contribution in [1.82, 2.24) is 0 Å². The minimum absolute atomic E-state index is 0.148. The standard InChI is InChI=1S/C23H20N2O5/c1-2-29-21-13-16(15-24-25-19-10-6-9-18(14-19)22(26)27)11-12-20(21)30-23(28)17-7-4-3-5-8-17/h3-14H,2,15H2,1H3,(H,26,27). The number of nitrogens with zero attached hydrogens (tertiary/aromatic N) is 2. The predicted octanol–water partition coefficient (Wildman–Crippen LogP) is 5.29. The van der Waals surface area contributed by atoms with Gasteiger partial charge in [0.15, 0.2) is 11.5 Å². The van der Waals surface area contributed by atoms with Crippen LogP contribution in [0.15, 0.2) is 83.0 Å². The fraction of sp³-hybridized carbons (Fsp3) is 0.130. The molecule has 3 aromatic carbocycles. The van der Waals surface area contributed by atoms with Crippen molar-refractivity contribution < 1.29 is 24.2 Å². The first-order valence-corrected chi connectivity index (χ1v) is 9.30. The highest BCUT2D eigenvalue weighted by Crippen LogP contribution is 2.30. The Kier molecular flexibility index (Phi) is 6.89. The summed E-state index contributed by atoms with van der Waals surface area (Å²) in [5.74, 6) is -0.737. The van der Waals surface area contributed by atoms with Crippen LogP contribution in [-0.2, 0) is 6.54 Å². The zero-order chi connectivity index (χ0) is 21.3. The van der Waals surface area contributed by atoms with Crippen molar-refractivity contribution in [2.24, 2.45) is 10.2 Å². The predicted molar refractivity (Wildman–Crippen MR) is 111 cm³/mol. The number of carbonyl (C=O) groups excluding carboxylic acids is 1. The van der Waals surface area contributed by atoms with Crippen LogP contribution in [0.3, 0.4) is 0 Å². The van der Waals surface area contributed by atoms with Gasteiger partial charge in [0.2, 0.25) is 0 Å². The number of azo groups is 1. The van der Waals surface area contributed by atoms with E-state index in [0.29, 0.717) is 29.4 Å². The Hall–Kier alpha value is -4.00. The van der Waals surface area contributed by atoms with E-state index in [1.807, 2.05) is 13.0 Å². The minimum Gasteiger partial charge on any atom is -0.490 e. The number of carbonyl (C=O) groups is 2. The molecule has 0 aliphatic carbocycles. The van der Waals surface area contributed by atoms with Gasteiger partial charge in [-0.3, -0.25) is 0 Å². The largest absolute Gasteiger partial charge is 0.490 e. The van der Waals surface area contributed by atoms with Crippen molar-refractivity contribution in [3.63, 3.8) is 0 Å². The van der Waals surface area contributed by atoms with Crippen molar-refractivity contribution in [2.75, 3.05) is 6.61 Å². The highest BCUT2D eigenvalue weighted by Gasteiger charge is 2.13. The van der Waals surface area contributed by atoms with Crippen LogP contribution in [0.1, 0.15) is 33.2 Å². The molecule has 0 bridgehead atoms. The Morgan fingerprint density at radius 3 is 2.40 bits per heavy atom. The van der Waals surface area contributed by atoms with Gasteiger partial charge in [-0.15, -0.1) is 0 Å².